The Labute approximate surface area is 124 Å². The zero-order chi connectivity index (χ0) is 15.2. The van der Waals surface area contributed by atoms with Gasteiger partial charge < -0.3 is 9.47 Å². The predicted molar refractivity (Wildman–Crippen MR) is 77.5 cm³/mol. The highest BCUT2D eigenvalue weighted by atomic mass is 19.1. The number of halogens is 1. The maximum atomic E-state index is 13.2. The Kier molecular flexibility index (Phi) is 5.70. The molecule has 1 aliphatic heterocycles. The standard InChI is InChI=1S/C16H22FNO3/c1-3-20-16(19)15(18-10-13-5-4-8-21-13)14-7-6-12(17)9-11(14)2/h6-7,9,13,15,18H,3-5,8,10H2,1-2H3. The van der Waals surface area contributed by atoms with Crippen LogP contribution in [0.5, 0.6) is 0 Å². The smallest absolute Gasteiger partial charge is 0.327 e. The van der Waals surface area contributed by atoms with E-state index in [1.165, 1.54) is 12.1 Å². The first-order chi connectivity index (χ1) is 10.1. The lowest BCUT2D eigenvalue weighted by Crippen LogP contribution is -2.36. The van der Waals surface area contributed by atoms with E-state index in [1.807, 2.05) is 0 Å². The normalized spacial score (nSPS) is 19.5. The fourth-order valence-corrected chi connectivity index (χ4v) is 2.56. The van der Waals surface area contributed by atoms with Gasteiger partial charge in [-0.15, -0.1) is 0 Å². The first kappa shape index (κ1) is 15.9. The van der Waals surface area contributed by atoms with Crippen LogP contribution in [0.2, 0.25) is 0 Å². The lowest BCUT2D eigenvalue weighted by Gasteiger charge is -2.21. The molecule has 0 radical (unpaired) electrons. The van der Waals surface area contributed by atoms with Gasteiger partial charge in [0.2, 0.25) is 0 Å². The van der Waals surface area contributed by atoms with Gasteiger partial charge in [-0.25, -0.2) is 9.18 Å². The van der Waals surface area contributed by atoms with E-state index in [-0.39, 0.29) is 17.9 Å². The first-order valence-corrected chi connectivity index (χ1v) is 7.39. The van der Waals surface area contributed by atoms with E-state index >= 15 is 0 Å². The molecule has 116 valence electrons. The SMILES string of the molecule is CCOC(=O)C(NCC1CCCO1)c1ccc(F)cc1C. The van der Waals surface area contributed by atoms with E-state index in [0.717, 1.165) is 30.6 Å². The average Bonchev–Trinajstić information content (AvgIpc) is 2.94. The molecule has 1 saturated heterocycles. The number of rotatable bonds is 6. The van der Waals surface area contributed by atoms with Crippen LogP contribution in [0.15, 0.2) is 18.2 Å². The minimum atomic E-state index is -0.588. The topological polar surface area (TPSA) is 47.6 Å². The van der Waals surface area contributed by atoms with E-state index in [4.69, 9.17) is 9.47 Å². The molecule has 0 aromatic heterocycles. The van der Waals surface area contributed by atoms with Crippen molar-refractivity contribution in [2.24, 2.45) is 0 Å². The van der Waals surface area contributed by atoms with Gasteiger partial charge in [-0.1, -0.05) is 6.07 Å². The van der Waals surface area contributed by atoms with Crippen LogP contribution < -0.4 is 5.32 Å². The first-order valence-electron chi connectivity index (χ1n) is 7.39. The summed E-state index contributed by atoms with van der Waals surface area (Å²) in [5, 5.41) is 3.20. The maximum Gasteiger partial charge on any atom is 0.327 e. The molecular weight excluding hydrogens is 273 g/mol. The van der Waals surface area contributed by atoms with Gasteiger partial charge in [-0.05, 0) is 49.9 Å². The van der Waals surface area contributed by atoms with Crippen molar-refractivity contribution in [1.82, 2.24) is 5.32 Å². The molecule has 1 fully saturated rings. The third-order valence-corrected chi connectivity index (χ3v) is 3.64. The number of aryl methyl sites for hydroxylation is 1. The molecule has 1 aromatic rings. The second kappa shape index (κ2) is 7.52. The molecule has 1 N–H and O–H groups in total. The Hall–Kier alpha value is -1.46. The molecule has 0 aliphatic carbocycles. The van der Waals surface area contributed by atoms with Gasteiger partial charge in [-0.3, -0.25) is 5.32 Å². The number of carbonyl (C=O) groups excluding carboxylic acids is 1. The molecule has 2 atom stereocenters. The lowest BCUT2D eigenvalue weighted by atomic mass is 10.0. The summed E-state index contributed by atoms with van der Waals surface area (Å²) in [5.41, 5.74) is 1.47. The number of esters is 1. The summed E-state index contributed by atoms with van der Waals surface area (Å²) in [6.45, 7) is 5.23. The van der Waals surface area contributed by atoms with Gasteiger partial charge in [0.25, 0.3) is 0 Å². The number of benzene rings is 1. The summed E-state index contributed by atoms with van der Waals surface area (Å²) >= 11 is 0. The van der Waals surface area contributed by atoms with Crippen molar-refractivity contribution in [3.05, 3.63) is 35.1 Å². The fourth-order valence-electron chi connectivity index (χ4n) is 2.56. The molecular formula is C16H22FNO3. The molecule has 0 bridgehead atoms. The Morgan fingerprint density at radius 1 is 1.57 bits per heavy atom. The van der Waals surface area contributed by atoms with Crippen LogP contribution in [0.25, 0.3) is 0 Å². The van der Waals surface area contributed by atoms with Gasteiger partial charge >= 0.3 is 5.97 Å². The van der Waals surface area contributed by atoms with Crippen molar-refractivity contribution in [3.8, 4) is 0 Å². The lowest BCUT2D eigenvalue weighted by molar-refractivity contribution is -0.146. The zero-order valence-electron chi connectivity index (χ0n) is 12.5. The quantitative estimate of drug-likeness (QED) is 0.819. The van der Waals surface area contributed by atoms with E-state index in [0.29, 0.717) is 13.2 Å². The van der Waals surface area contributed by atoms with E-state index in [2.05, 4.69) is 5.32 Å². The number of carbonyl (C=O) groups is 1. The molecule has 2 rings (SSSR count). The monoisotopic (exact) mass is 295 g/mol. The number of ether oxygens (including phenoxy) is 2. The minimum absolute atomic E-state index is 0.127. The van der Waals surface area contributed by atoms with Gasteiger partial charge in [0.15, 0.2) is 0 Å². The largest absolute Gasteiger partial charge is 0.465 e. The number of hydrogen-bond acceptors (Lipinski definition) is 4. The van der Waals surface area contributed by atoms with Crippen molar-refractivity contribution in [1.29, 1.82) is 0 Å². The van der Waals surface area contributed by atoms with Crippen LogP contribution in [0, 0.1) is 12.7 Å². The predicted octanol–water partition coefficient (Wildman–Crippen LogP) is 2.51. The molecule has 5 heteroatoms. The van der Waals surface area contributed by atoms with Gasteiger partial charge in [0.1, 0.15) is 11.9 Å². The molecule has 0 amide bonds. The van der Waals surface area contributed by atoms with Crippen molar-refractivity contribution in [2.45, 2.75) is 38.8 Å². The maximum absolute atomic E-state index is 13.2. The minimum Gasteiger partial charge on any atom is -0.465 e. The average molecular weight is 295 g/mol. The van der Waals surface area contributed by atoms with Crippen LogP contribution in [-0.2, 0) is 14.3 Å². The van der Waals surface area contributed by atoms with Gasteiger partial charge in [-0.2, -0.15) is 0 Å². The summed E-state index contributed by atoms with van der Waals surface area (Å²) in [6.07, 6.45) is 2.17. The van der Waals surface area contributed by atoms with Crippen LogP contribution in [0.4, 0.5) is 4.39 Å². The zero-order valence-corrected chi connectivity index (χ0v) is 12.5. The molecule has 2 unspecified atom stereocenters. The van der Waals surface area contributed by atoms with E-state index < -0.39 is 6.04 Å². The summed E-state index contributed by atoms with van der Waals surface area (Å²) in [4.78, 5) is 12.2. The molecule has 0 saturated carbocycles. The second-order valence-corrected chi connectivity index (χ2v) is 5.23. The van der Waals surface area contributed by atoms with E-state index in [1.54, 1.807) is 19.9 Å². The molecule has 1 heterocycles. The Balaban J connectivity index is 2.12. The second-order valence-electron chi connectivity index (χ2n) is 5.23. The number of nitrogens with one attached hydrogen (secondary N) is 1. The Morgan fingerprint density at radius 3 is 3.00 bits per heavy atom. The third-order valence-electron chi connectivity index (χ3n) is 3.64. The molecule has 21 heavy (non-hydrogen) atoms. The highest BCUT2D eigenvalue weighted by Gasteiger charge is 2.25. The third kappa shape index (κ3) is 4.25. The highest BCUT2D eigenvalue weighted by Crippen LogP contribution is 2.21. The van der Waals surface area contributed by atoms with Crippen LogP contribution in [0.3, 0.4) is 0 Å². The number of hydrogen-bond donors (Lipinski definition) is 1. The highest BCUT2D eigenvalue weighted by molar-refractivity contribution is 5.78. The summed E-state index contributed by atoms with van der Waals surface area (Å²) in [6, 6.07) is 3.83. The van der Waals surface area contributed by atoms with Crippen LogP contribution in [0.1, 0.15) is 36.9 Å². The van der Waals surface area contributed by atoms with E-state index in [9.17, 15) is 9.18 Å². The fraction of sp³-hybridized carbons (Fsp3) is 0.562. The molecule has 1 aromatic carbocycles. The summed E-state index contributed by atoms with van der Waals surface area (Å²) < 4.78 is 23.9. The summed E-state index contributed by atoms with van der Waals surface area (Å²) in [5.74, 6) is -0.650. The molecule has 0 spiro atoms. The molecule has 4 nitrogen and oxygen atoms in total. The van der Waals surface area contributed by atoms with Crippen molar-refractivity contribution in [3.63, 3.8) is 0 Å². The van der Waals surface area contributed by atoms with Crippen LogP contribution >= 0.6 is 0 Å². The Bertz CT molecular complexity index is 486. The Morgan fingerprint density at radius 2 is 2.38 bits per heavy atom. The van der Waals surface area contributed by atoms with Crippen molar-refractivity contribution >= 4 is 5.97 Å². The van der Waals surface area contributed by atoms with Gasteiger partial charge in [0, 0.05) is 13.2 Å². The van der Waals surface area contributed by atoms with Gasteiger partial charge in [0.05, 0.1) is 12.7 Å². The van der Waals surface area contributed by atoms with Crippen molar-refractivity contribution < 1.29 is 18.7 Å². The van der Waals surface area contributed by atoms with Crippen molar-refractivity contribution in [2.75, 3.05) is 19.8 Å². The summed E-state index contributed by atoms with van der Waals surface area (Å²) in [7, 11) is 0. The molecule has 1 aliphatic rings. The van der Waals surface area contributed by atoms with Crippen LogP contribution in [-0.4, -0.2) is 31.8 Å².